The number of hydrogen-bond donors (Lipinski definition) is 0. The third-order valence-corrected chi connectivity index (χ3v) is 2.84. The second-order valence-electron chi connectivity index (χ2n) is 4.23. The lowest BCUT2D eigenvalue weighted by Gasteiger charge is -2.22. The van der Waals surface area contributed by atoms with Crippen LogP contribution in [0.5, 0.6) is 0 Å². The minimum absolute atomic E-state index is 0.807. The summed E-state index contributed by atoms with van der Waals surface area (Å²) < 4.78 is 0. The molecule has 0 aromatic carbocycles. The first-order valence-electron chi connectivity index (χ1n) is 5.88. The molecule has 1 unspecified atom stereocenters. The summed E-state index contributed by atoms with van der Waals surface area (Å²) in [7, 11) is 4.39. The molecule has 0 radical (unpaired) electrons. The minimum Gasteiger partial charge on any atom is -0.306 e. The summed E-state index contributed by atoms with van der Waals surface area (Å²) >= 11 is 0. The van der Waals surface area contributed by atoms with Crippen LogP contribution in [0.1, 0.15) is 58.8 Å². The van der Waals surface area contributed by atoms with Crippen molar-refractivity contribution in [1.29, 1.82) is 0 Å². The van der Waals surface area contributed by atoms with Crippen molar-refractivity contribution >= 4 is 0 Å². The van der Waals surface area contributed by atoms with Gasteiger partial charge in [-0.3, -0.25) is 0 Å². The highest BCUT2D eigenvalue weighted by Gasteiger charge is 2.07. The largest absolute Gasteiger partial charge is 0.306 e. The Labute approximate surface area is 84.5 Å². The van der Waals surface area contributed by atoms with Gasteiger partial charge in [-0.2, -0.15) is 0 Å². The molecule has 0 aromatic heterocycles. The molecule has 80 valence electrons. The molecule has 0 heterocycles. The van der Waals surface area contributed by atoms with Gasteiger partial charge in [-0.15, -0.1) is 0 Å². The molecule has 0 bridgehead atoms. The highest BCUT2D eigenvalue weighted by Crippen LogP contribution is 2.11. The maximum absolute atomic E-state index is 2.36. The monoisotopic (exact) mass is 185 g/mol. The maximum Gasteiger partial charge on any atom is 0.00865 e. The second-order valence-corrected chi connectivity index (χ2v) is 4.23. The van der Waals surface area contributed by atoms with Gasteiger partial charge in [-0.05, 0) is 26.9 Å². The lowest BCUT2D eigenvalue weighted by Crippen LogP contribution is -2.26. The highest BCUT2D eigenvalue weighted by molar-refractivity contribution is 4.63. The summed E-state index contributed by atoms with van der Waals surface area (Å²) in [6.07, 6.45) is 9.72. The predicted octanol–water partition coefficient (Wildman–Crippen LogP) is 3.69. The van der Waals surface area contributed by atoms with Gasteiger partial charge in [0.15, 0.2) is 0 Å². The first kappa shape index (κ1) is 13.0. The highest BCUT2D eigenvalue weighted by atomic mass is 15.1. The first-order valence-corrected chi connectivity index (χ1v) is 5.88. The van der Waals surface area contributed by atoms with Crippen LogP contribution in [0, 0.1) is 0 Å². The number of rotatable bonds is 8. The standard InChI is InChI=1S/C12H27N/c1-5-7-8-9-10-11-12(6-2)13(3)4/h12H,5-11H2,1-4H3. The van der Waals surface area contributed by atoms with Gasteiger partial charge >= 0.3 is 0 Å². The smallest absolute Gasteiger partial charge is 0.00865 e. The molecule has 0 rings (SSSR count). The summed E-state index contributed by atoms with van der Waals surface area (Å²) in [5.41, 5.74) is 0. The molecule has 0 fully saturated rings. The Bertz CT molecular complexity index is 99.3. The van der Waals surface area contributed by atoms with E-state index in [2.05, 4.69) is 32.8 Å². The molecule has 0 amide bonds. The lowest BCUT2D eigenvalue weighted by atomic mass is 10.0. The summed E-state index contributed by atoms with van der Waals surface area (Å²) in [6, 6.07) is 0.807. The van der Waals surface area contributed by atoms with Crippen molar-refractivity contribution in [1.82, 2.24) is 4.90 Å². The molecule has 0 saturated carbocycles. The van der Waals surface area contributed by atoms with E-state index in [4.69, 9.17) is 0 Å². The van der Waals surface area contributed by atoms with Crippen molar-refractivity contribution in [3.63, 3.8) is 0 Å². The fourth-order valence-electron chi connectivity index (χ4n) is 1.81. The predicted molar refractivity (Wildman–Crippen MR) is 61.1 cm³/mol. The van der Waals surface area contributed by atoms with Gasteiger partial charge in [0.05, 0.1) is 0 Å². The Hall–Kier alpha value is -0.0400. The van der Waals surface area contributed by atoms with Crippen LogP contribution in [0.2, 0.25) is 0 Å². The molecule has 0 spiro atoms. The third kappa shape index (κ3) is 7.06. The second kappa shape index (κ2) is 8.55. The Balaban J connectivity index is 3.28. The van der Waals surface area contributed by atoms with Crippen LogP contribution in [0.3, 0.4) is 0 Å². The molecule has 0 N–H and O–H groups in total. The van der Waals surface area contributed by atoms with Crippen molar-refractivity contribution in [2.75, 3.05) is 14.1 Å². The van der Waals surface area contributed by atoms with Gasteiger partial charge in [-0.1, -0.05) is 46.0 Å². The van der Waals surface area contributed by atoms with E-state index in [1.54, 1.807) is 0 Å². The average Bonchev–Trinajstić information content (AvgIpc) is 2.10. The Morgan fingerprint density at radius 3 is 2.00 bits per heavy atom. The molecule has 1 nitrogen and oxygen atoms in total. The van der Waals surface area contributed by atoms with E-state index in [1.807, 2.05) is 0 Å². The van der Waals surface area contributed by atoms with Gasteiger partial charge < -0.3 is 4.90 Å². The third-order valence-electron chi connectivity index (χ3n) is 2.84. The van der Waals surface area contributed by atoms with Crippen LogP contribution < -0.4 is 0 Å². The van der Waals surface area contributed by atoms with E-state index in [0.717, 1.165) is 6.04 Å². The molecular formula is C12H27N. The van der Waals surface area contributed by atoms with Crippen molar-refractivity contribution in [3.8, 4) is 0 Å². The van der Waals surface area contributed by atoms with E-state index in [-0.39, 0.29) is 0 Å². The fourth-order valence-corrected chi connectivity index (χ4v) is 1.81. The van der Waals surface area contributed by atoms with Crippen LogP contribution in [0.25, 0.3) is 0 Å². The summed E-state index contributed by atoms with van der Waals surface area (Å²) in [5, 5.41) is 0. The van der Waals surface area contributed by atoms with Gasteiger partial charge in [0.2, 0.25) is 0 Å². The van der Waals surface area contributed by atoms with Crippen LogP contribution in [0.4, 0.5) is 0 Å². The zero-order chi connectivity index (χ0) is 10.1. The molecule has 0 aliphatic rings. The number of unbranched alkanes of at least 4 members (excludes halogenated alkanes) is 4. The molecule has 0 aliphatic carbocycles. The van der Waals surface area contributed by atoms with Crippen molar-refractivity contribution < 1.29 is 0 Å². The van der Waals surface area contributed by atoms with E-state index in [1.165, 1.54) is 44.9 Å². The normalized spacial score (nSPS) is 13.6. The molecule has 0 saturated heterocycles. The van der Waals surface area contributed by atoms with Gasteiger partial charge in [-0.25, -0.2) is 0 Å². The van der Waals surface area contributed by atoms with Gasteiger partial charge in [0.1, 0.15) is 0 Å². The molecule has 0 aliphatic heterocycles. The zero-order valence-electron chi connectivity index (χ0n) is 9.97. The van der Waals surface area contributed by atoms with E-state index < -0.39 is 0 Å². The van der Waals surface area contributed by atoms with E-state index in [9.17, 15) is 0 Å². The maximum atomic E-state index is 2.36. The summed E-state index contributed by atoms with van der Waals surface area (Å²) in [4.78, 5) is 2.36. The van der Waals surface area contributed by atoms with Crippen molar-refractivity contribution in [2.45, 2.75) is 64.8 Å². The minimum atomic E-state index is 0.807. The Kier molecular flexibility index (Phi) is 8.53. The van der Waals surface area contributed by atoms with Crippen LogP contribution >= 0.6 is 0 Å². The number of nitrogens with zero attached hydrogens (tertiary/aromatic N) is 1. The Morgan fingerprint density at radius 2 is 1.54 bits per heavy atom. The van der Waals surface area contributed by atoms with E-state index in [0.29, 0.717) is 0 Å². The zero-order valence-corrected chi connectivity index (χ0v) is 9.97. The topological polar surface area (TPSA) is 3.24 Å². The average molecular weight is 185 g/mol. The molecule has 1 atom stereocenters. The summed E-state index contributed by atoms with van der Waals surface area (Å²) in [5.74, 6) is 0. The van der Waals surface area contributed by atoms with Crippen LogP contribution in [-0.4, -0.2) is 25.0 Å². The summed E-state index contributed by atoms with van der Waals surface area (Å²) in [6.45, 7) is 4.56. The van der Waals surface area contributed by atoms with Crippen molar-refractivity contribution in [3.05, 3.63) is 0 Å². The van der Waals surface area contributed by atoms with Crippen LogP contribution in [-0.2, 0) is 0 Å². The number of hydrogen-bond acceptors (Lipinski definition) is 1. The molecule has 13 heavy (non-hydrogen) atoms. The quantitative estimate of drug-likeness (QED) is 0.521. The van der Waals surface area contributed by atoms with Crippen LogP contribution in [0.15, 0.2) is 0 Å². The van der Waals surface area contributed by atoms with Gasteiger partial charge in [0.25, 0.3) is 0 Å². The molecular weight excluding hydrogens is 158 g/mol. The molecule has 0 aromatic rings. The molecule has 1 heteroatoms. The fraction of sp³-hybridized carbons (Fsp3) is 1.00. The first-order chi connectivity index (χ1) is 6.22. The van der Waals surface area contributed by atoms with E-state index >= 15 is 0 Å². The SMILES string of the molecule is CCCCCCCC(CC)N(C)C. The van der Waals surface area contributed by atoms with Crippen molar-refractivity contribution in [2.24, 2.45) is 0 Å². The lowest BCUT2D eigenvalue weighted by molar-refractivity contribution is 0.264. The Morgan fingerprint density at radius 1 is 0.923 bits per heavy atom. The van der Waals surface area contributed by atoms with Gasteiger partial charge in [0, 0.05) is 6.04 Å².